The van der Waals surface area contributed by atoms with Crippen molar-refractivity contribution in [3.63, 3.8) is 0 Å². The summed E-state index contributed by atoms with van der Waals surface area (Å²) in [5.74, 6) is 2.33. The van der Waals surface area contributed by atoms with Gasteiger partial charge in [0.15, 0.2) is 14.3 Å². The molecule has 1 aromatic rings. The van der Waals surface area contributed by atoms with Gasteiger partial charge in [-0.3, -0.25) is 28.5 Å². The number of esters is 1. The molecule has 0 bridgehead atoms. The Morgan fingerprint density at radius 3 is 2.68 bits per heavy atom. The third-order valence-electron chi connectivity index (χ3n) is 12.5. The van der Waals surface area contributed by atoms with Crippen LogP contribution < -0.4 is 11.2 Å². The van der Waals surface area contributed by atoms with Gasteiger partial charge in [0.25, 0.3) is 5.56 Å². The minimum atomic E-state index is -2.28. The van der Waals surface area contributed by atoms with E-state index in [0.717, 1.165) is 51.4 Å². The van der Waals surface area contributed by atoms with Crippen LogP contribution in [0.3, 0.4) is 0 Å². The van der Waals surface area contributed by atoms with Crippen molar-refractivity contribution in [2.45, 2.75) is 122 Å². The Morgan fingerprint density at radius 2 is 1.91 bits per heavy atom. The number of aliphatic hydroxyl groups excluding tert-OH is 1. The van der Waals surface area contributed by atoms with E-state index >= 15 is 0 Å². The van der Waals surface area contributed by atoms with Crippen LogP contribution >= 0.6 is 30.6 Å². The monoisotopic (exact) mass is 790 g/mol. The molecule has 5 fully saturated rings. The fourth-order valence-electron chi connectivity index (χ4n) is 9.96. The van der Waals surface area contributed by atoms with Crippen LogP contribution in [-0.2, 0) is 32.9 Å². The Balaban J connectivity index is 1.03. The highest BCUT2D eigenvalue weighted by molar-refractivity contribution is 14.1. The van der Waals surface area contributed by atoms with Crippen LogP contribution in [0.5, 0.6) is 0 Å². The highest BCUT2D eigenvalue weighted by Gasteiger charge is 2.61. The van der Waals surface area contributed by atoms with Crippen molar-refractivity contribution >= 4 is 42.4 Å². The van der Waals surface area contributed by atoms with E-state index in [1.165, 1.54) is 17.4 Å². The van der Waals surface area contributed by atoms with Crippen molar-refractivity contribution < 1.29 is 38.0 Å². The molecule has 2 heterocycles. The number of hydrogen-bond acceptors (Lipinski definition) is 10. The zero-order valence-corrected chi connectivity index (χ0v) is 30.6. The average molecular weight is 791 g/mol. The van der Waals surface area contributed by atoms with Gasteiger partial charge in [0.05, 0.1) is 22.7 Å². The van der Waals surface area contributed by atoms with Gasteiger partial charge in [0, 0.05) is 44.0 Å². The molecule has 6 rings (SSSR count). The molecular weight excluding hydrogens is 742 g/mol. The standard InChI is InChI=1S/C33H48IN2O10P/c1-32-12-10-19(37)14-18(32)4-5-20-21-6-7-26(33(21,2)13-11-22(20)32)46-29(39)9-8-28(38)45-24-15-27(44-25(24)17-43-47(3)42)36-16-23(34)30(40)35-31(36)41/h16,18,20-22,24-28,38,47H,4-15,17H2,1-3H3,(H,35,40,41)/t18-,20?,21-,22?,24?,25?,26-,27?,28-,32-,33-/m0/s1. The first-order chi connectivity index (χ1) is 22.3. The number of carbonyl (C=O) groups is 2. The summed E-state index contributed by atoms with van der Waals surface area (Å²) < 4.78 is 36.5. The smallest absolute Gasteiger partial charge is 0.330 e. The summed E-state index contributed by atoms with van der Waals surface area (Å²) in [6, 6.07) is 0. The van der Waals surface area contributed by atoms with Gasteiger partial charge in [-0.1, -0.05) is 13.8 Å². The first-order valence-corrected chi connectivity index (χ1v) is 20.0. The summed E-state index contributed by atoms with van der Waals surface area (Å²) in [5.41, 5.74) is -0.973. The SMILES string of the molecule is C[PH](=O)OCC1OC(n2cc(I)c(=O)[nH]c2=O)CC1O[C@H](O)CCC(=O)O[C@H]1CC[C@H]2C3CC[C@H]4CC(=O)CC[C@]4(C)C3CC[C@]12C. The molecule has 14 heteroatoms. The number of nitrogens with one attached hydrogen (secondary N) is 1. The van der Waals surface area contributed by atoms with Gasteiger partial charge in [0.1, 0.15) is 24.2 Å². The maximum Gasteiger partial charge on any atom is 0.330 e. The highest BCUT2D eigenvalue weighted by atomic mass is 127. The molecule has 0 radical (unpaired) electrons. The third kappa shape index (κ3) is 7.13. The largest absolute Gasteiger partial charge is 0.462 e. The molecule has 12 nitrogen and oxygen atoms in total. The number of aromatic nitrogens is 2. The van der Waals surface area contributed by atoms with Gasteiger partial charge < -0.3 is 23.8 Å². The third-order valence-corrected chi connectivity index (χ3v) is 13.8. The predicted molar refractivity (Wildman–Crippen MR) is 180 cm³/mol. The molecule has 1 saturated heterocycles. The first-order valence-electron chi connectivity index (χ1n) is 17.1. The summed E-state index contributed by atoms with van der Waals surface area (Å²) in [6.07, 6.45) is 6.65. The van der Waals surface area contributed by atoms with Crippen LogP contribution in [0.4, 0.5) is 0 Å². The zero-order chi connectivity index (χ0) is 33.7. The molecule has 2 N–H and O–H groups in total. The van der Waals surface area contributed by atoms with Crippen LogP contribution in [0.25, 0.3) is 0 Å². The summed E-state index contributed by atoms with van der Waals surface area (Å²) in [6.45, 7) is 6.12. The number of H-pyrrole nitrogens is 1. The number of aromatic amines is 1. The molecule has 0 spiro atoms. The van der Waals surface area contributed by atoms with Crippen molar-refractivity contribution in [1.29, 1.82) is 0 Å². The molecule has 1 aliphatic heterocycles. The quantitative estimate of drug-likeness (QED) is 0.149. The summed E-state index contributed by atoms with van der Waals surface area (Å²) in [4.78, 5) is 51.9. The van der Waals surface area contributed by atoms with Crippen molar-refractivity contribution in [3.8, 4) is 0 Å². The Bertz CT molecular complexity index is 1500. The van der Waals surface area contributed by atoms with Gasteiger partial charge in [0.2, 0.25) is 0 Å². The number of ether oxygens (including phenoxy) is 3. The normalized spacial score (nSPS) is 39.5. The number of nitrogens with zero attached hydrogens (tertiary/aromatic N) is 1. The second-order valence-corrected chi connectivity index (χ2v) is 17.4. The van der Waals surface area contributed by atoms with Crippen molar-refractivity contribution in [2.24, 2.45) is 34.5 Å². The Hall–Kier alpha value is -1.38. The van der Waals surface area contributed by atoms with E-state index < -0.39 is 44.0 Å². The van der Waals surface area contributed by atoms with Gasteiger partial charge in [-0.2, -0.15) is 0 Å². The van der Waals surface area contributed by atoms with E-state index in [1.54, 1.807) is 0 Å². The molecule has 1 aromatic heterocycles. The molecule has 262 valence electrons. The van der Waals surface area contributed by atoms with Gasteiger partial charge >= 0.3 is 11.7 Å². The Morgan fingerprint density at radius 1 is 1.15 bits per heavy atom. The summed E-state index contributed by atoms with van der Waals surface area (Å²) >= 11 is 1.82. The summed E-state index contributed by atoms with van der Waals surface area (Å²) in [5, 5.41) is 10.8. The van der Waals surface area contributed by atoms with Crippen molar-refractivity contribution in [1.82, 2.24) is 9.55 Å². The maximum atomic E-state index is 13.1. The average Bonchev–Trinajstić information content (AvgIpc) is 3.57. The lowest BCUT2D eigenvalue weighted by Crippen LogP contribution is -2.54. The number of hydrogen-bond donors (Lipinski definition) is 2. The number of Topliss-reactive ketones (excluding diaryl/α,β-unsaturated/α-hetero) is 1. The van der Waals surface area contributed by atoms with Crippen LogP contribution in [0, 0.1) is 38.1 Å². The zero-order valence-electron chi connectivity index (χ0n) is 27.4. The van der Waals surface area contributed by atoms with Gasteiger partial charge in [-0.15, -0.1) is 0 Å². The van der Waals surface area contributed by atoms with Crippen molar-refractivity contribution in [3.05, 3.63) is 30.6 Å². The number of carbonyl (C=O) groups excluding carboxylic acids is 2. The predicted octanol–water partition coefficient (Wildman–Crippen LogP) is 4.56. The molecular formula is C33H48IN2O10P. The van der Waals surface area contributed by atoms with Gasteiger partial charge in [-0.25, -0.2) is 4.79 Å². The topological polar surface area (TPSA) is 163 Å². The lowest BCUT2D eigenvalue weighted by atomic mass is 9.45. The second kappa shape index (κ2) is 14.1. The second-order valence-electron chi connectivity index (χ2n) is 15.0. The molecule has 4 saturated carbocycles. The lowest BCUT2D eigenvalue weighted by Gasteiger charge is -2.60. The number of halogens is 1. The Kier molecular flexibility index (Phi) is 10.6. The van der Waals surface area contributed by atoms with E-state index in [0.29, 0.717) is 39.4 Å². The van der Waals surface area contributed by atoms with Gasteiger partial charge in [-0.05, 0) is 96.6 Å². The van der Waals surface area contributed by atoms with Crippen LogP contribution in [0.1, 0.15) is 97.1 Å². The molecule has 47 heavy (non-hydrogen) atoms. The van der Waals surface area contributed by atoms with E-state index in [2.05, 4.69) is 18.8 Å². The fraction of sp³-hybridized carbons (Fsp3) is 0.818. The van der Waals surface area contributed by atoms with E-state index in [4.69, 9.17) is 18.7 Å². The molecule has 4 aliphatic carbocycles. The van der Waals surface area contributed by atoms with Crippen LogP contribution in [-0.4, -0.2) is 64.3 Å². The van der Waals surface area contributed by atoms with Crippen LogP contribution in [0.2, 0.25) is 0 Å². The number of fused-ring (bicyclic) bond motifs is 5. The van der Waals surface area contributed by atoms with E-state index in [9.17, 15) is 28.8 Å². The molecule has 0 amide bonds. The maximum absolute atomic E-state index is 13.1. The summed E-state index contributed by atoms with van der Waals surface area (Å²) in [7, 11) is -2.28. The van der Waals surface area contributed by atoms with E-state index in [1.807, 2.05) is 22.6 Å². The fourth-order valence-corrected chi connectivity index (χ4v) is 10.8. The van der Waals surface area contributed by atoms with E-state index in [-0.39, 0.29) is 48.8 Å². The molecule has 5 aliphatic rings. The minimum absolute atomic E-state index is 0.0172. The number of aliphatic hydroxyl groups is 1. The van der Waals surface area contributed by atoms with Crippen molar-refractivity contribution in [2.75, 3.05) is 13.3 Å². The highest BCUT2D eigenvalue weighted by Crippen LogP contribution is 2.66. The minimum Gasteiger partial charge on any atom is -0.462 e. The number of ketones is 1. The molecule has 0 aromatic carbocycles. The Labute approximate surface area is 289 Å². The molecule has 6 unspecified atom stereocenters. The first kappa shape index (κ1) is 35.4. The lowest BCUT2D eigenvalue weighted by molar-refractivity contribution is -0.173. The molecule has 12 atom stereocenters. The van der Waals surface area contributed by atoms with Crippen LogP contribution in [0.15, 0.2) is 15.8 Å². The number of rotatable bonds is 10.